The molecule has 4 aromatic rings. The molecule has 5 rings (SSSR count). The van der Waals surface area contributed by atoms with Gasteiger partial charge in [0.15, 0.2) is 0 Å². The number of nitrogens with zero attached hydrogens (tertiary/aromatic N) is 2. The van der Waals surface area contributed by atoms with E-state index in [1.54, 1.807) is 35.4 Å². The van der Waals surface area contributed by atoms with E-state index >= 15 is 0 Å². The van der Waals surface area contributed by atoms with E-state index in [9.17, 15) is 9.59 Å². The van der Waals surface area contributed by atoms with Crippen molar-refractivity contribution in [2.75, 3.05) is 19.6 Å². The molecule has 1 saturated heterocycles. The predicted octanol–water partition coefficient (Wildman–Crippen LogP) is 7.16. The molecule has 0 radical (unpaired) electrons. The van der Waals surface area contributed by atoms with E-state index in [-0.39, 0.29) is 23.3 Å². The zero-order valence-electron chi connectivity index (χ0n) is 26.7. The highest BCUT2D eigenvalue weighted by atomic mass is 16.3. The molecule has 0 spiro atoms. The predicted molar refractivity (Wildman–Crippen MR) is 176 cm³/mol. The molecule has 1 aromatic heterocycles. The van der Waals surface area contributed by atoms with E-state index in [4.69, 9.17) is 4.42 Å². The van der Waals surface area contributed by atoms with Gasteiger partial charge in [-0.2, -0.15) is 0 Å². The van der Waals surface area contributed by atoms with Crippen molar-refractivity contribution in [1.82, 2.24) is 20.5 Å². The van der Waals surface area contributed by atoms with Crippen LogP contribution in [0.4, 0.5) is 0 Å². The first kappa shape index (κ1) is 32.7. The van der Waals surface area contributed by atoms with Crippen LogP contribution in [0.15, 0.2) is 89.5 Å². The third kappa shape index (κ3) is 9.38. The van der Waals surface area contributed by atoms with Crippen LogP contribution in [0.1, 0.15) is 95.1 Å². The van der Waals surface area contributed by atoms with Crippen LogP contribution in [-0.4, -0.2) is 41.3 Å². The van der Waals surface area contributed by atoms with E-state index in [0.717, 1.165) is 38.0 Å². The number of carbonyl (C=O) groups is 2. The monoisotopic (exact) mass is 594 g/mol. The van der Waals surface area contributed by atoms with Gasteiger partial charge in [-0.1, -0.05) is 87.0 Å². The van der Waals surface area contributed by atoms with E-state index in [1.807, 2.05) is 25.1 Å². The third-order valence-electron chi connectivity index (χ3n) is 7.69. The molecule has 3 aromatic carbocycles. The summed E-state index contributed by atoms with van der Waals surface area (Å²) in [6.45, 7) is 13.4. The molecule has 1 unspecified atom stereocenters. The fourth-order valence-electron chi connectivity index (χ4n) is 5.18. The molecule has 7 heteroatoms. The molecule has 44 heavy (non-hydrogen) atoms. The van der Waals surface area contributed by atoms with Crippen molar-refractivity contribution in [1.29, 1.82) is 0 Å². The average Bonchev–Trinajstić information content (AvgIpc) is 3.68. The van der Waals surface area contributed by atoms with Gasteiger partial charge in [0.2, 0.25) is 5.89 Å². The Hall–Kier alpha value is -4.23. The number of amides is 2. The van der Waals surface area contributed by atoms with Crippen molar-refractivity contribution >= 4 is 11.8 Å². The Morgan fingerprint density at radius 1 is 0.932 bits per heavy atom. The molecule has 0 bridgehead atoms. The first-order chi connectivity index (χ1) is 21.1. The molecule has 1 aliphatic rings. The summed E-state index contributed by atoms with van der Waals surface area (Å²) in [5, 5.41) is 6.42. The lowest BCUT2D eigenvalue weighted by atomic mass is 9.86. The summed E-state index contributed by atoms with van der Waals surface area (Å²) < 4.78 is 5.57. The van der Waals surface area contributed by atoms with E-state index in [2.05, 4.69) is 79.7 Å². The van der Waals surface area contributed by atoms with E-state index in [0.29, 0.717) is 30.1 Å². The quantitative estimate of drug-likeness (QED) is 0.201. The van der Waals surface area contributed by atoms with Gasteiger partial charge >= 0.3 is 0 Å². The summed E-state index contributed by atoms with van der Waals surface area (Å²) >= 11 is 0. The fourth-order valence-corrected chi connectivity index (χ4v) is 5.18. The number of benzene rings is 3. The minimum absolute atomic E-state index is 0.104. The molecule has 2 heterocycles. The number of likely N-dealkylation sites (tertiary alicyclic amines) is 1. The largest absolute Gasteiger partial charge is 0.446 e. The highest BCUT2D eigenvalue weighted by molar-refractivity contribution is 5.99. The van der Waals surface area contributed by atoms with E-state index in [1.165, 1.54) is 16.7 Å². The topological polar surface area (TPSA) is 87.5 Å². The van der Waals surface area contributed by atoms with Crippen LogP contribution < -0.4 is 10.6 Å². The number of rotatable bonds is 9. The highest BCUT2D eigenvalue weighted by Gasteiger charge is 2.33. The average molecular weight is 595 g/mol. The second kappa shape index (κ2) is 15.5. The standard InChI is InChI=1S/C30H38N4O3.C7H8/c1-21-20-37-28(33-21)26-13-7-16-34(26)29(36)24-11-6-10-23(18-24)27(35)32-15-8-14-31-19-22-9-5-12-25(17-22)30(2,3)4;1-7-5-3-2-4-6-7/h5-6,9-12,17-18,20,26,31H,7-8,13-16,19H2,1-4H3,(H,32,35);2-6H,1H3. The molecule has 1 fully saturated rings. The summed E-state index contributed by atoms with van der Waals surface area (Å²) in [5.41, 5.74) is 5.83. The fraction of sp³-hybridized carbons (Fsp3) is 0.378. The maximum atomic E-state index is 13.3. The van der Waals surface area contributed by atoms with Gasteiger partial charge in [-0.15, -0.1) is 0 Å². The number of hydrogen-bond donors (Lipinski definition) is 2. The van der Waals surface area contributed by atoms with Crippen LogP contribution in [0, 0.1) is 13.8 Å². The smallest absolute Gasteiger partial charge is 0.254 e. The van der Waals surface area contributed by atoms with Crippen LogP contribution in [0.2, 0.25) is 0 Å². The molecular formula is C37H46N4O3. The summed E-state index contributed by atoms with van der Waals surface area (Å²) in [5.74, 6) is 0.300. The molecule has 0 aliphatic carbocycles. The first-order valence-corrected chi connectivity index (χ1v) is 15.5. The molecule has 1 aliphatic heterocycles. The summed E-state index contributed by atoms with van der Waals surface area (Å²) in [7, 11) is 0. The lowest BCUT2D eigenvalue weighted by Gasteiger charge is -2.22. The molecule has 1 atom stereocenters. The van der Waals surface area contributed by atoms with E-state index < -0.39 is 0 Å². The summed E-state index contributed by atoms with van der Waals surface area (Å²) in [6, 6.07) is 25.7. The number of aromatic nitrogens is 1. The van der Waals surface area contributed by atoms with Gasteiger partial charge in [0.05, 0.1) is 5.69 Å². The Balaban J connectivity index is 0.000000555. The Kier molecular flexibility index (Phi) is 11.5. The number of nitrogens with one attached hydrogen (secondary N) is 2. The lowest BCUT2D eigenvalue weighted by Crippen LogP contribution is -2.31. The van der Waals surface area contributed by atoms with Crippen molar-refractivity contribution < 1.29 is 14.0 Å². The highest BCUT2D eigenvalue weighted by Crippen LogP contribution is 2.32. The van der Waals surface area contributed by atoms with Crippen LogP contribution in [0.5, 0.6) is 0 Å². The Bertz CT molecular complexity index is 1510. The third-order valence-corrected chi connectivity index (χ3v) is 7.69. The Morgan fingerprint density at radius 2 is 1.68 bits per heavy atom. The molecule has 2 amide bonds. The lowest BCUT2D eigenvalue weighted by molar-refractivity contribution is 0.0715. The Morgan fingerprint density at radius 3 is 2.36 bits per heavy atom. The van der Waals surface area contributed by atoms with Crippen molar-refractivity contribution in [3.8, 4) is 0 Å². The second-order valence-corrected chi connectivity index (χ2v) is 12.5. The van der Waals surface area contributed by atoms with Gasteiger partial charge in [0, 0.05) is 30.8 Å². The second-order valence-electron chi connectivity index (χ2n) is 12.5. The van der Waals surface area contributed by atoms with Crippen LogP contribution in [0.25, 0.3) is 0 Å². The SMILES string of the molecule is Cc1ccccc1.Cc1coc(C2CCCN2C(=O)c2cccc(C(=O)NCCCNCc3cccc(C(C)(C)C)c3)c2)n1. The molecule has 0 saturated carbocycles. The number of oxazole rings is 1. The van der Waals surface area contributed by atoms with Crippen LogP contribution in [0.3, 0.4) is 0 Å². The summed E-state index contributed by atoms with van der Waals surface area (Å²) in [4.78, 5) is 32.2. The van der Waals surface area contributed by atoms with Gasteiger partial charge < -0.3 is 20.0 Å². The number of carbonyl (C=O) groups excluding carboxylic acids is 2. The van der Waals surface area contributed by atoms with Crippen molar-refractivity contribution in [3.05, 3.63) is 125 Å². The van der Waals surface area contributed by atoms with Crippen LogP contribution in [-0.2, 0) is 12.0 Å². The van der Waals surface area contributed by atoms with Gasteiger partial charge in [-0.05, 0) is 74.4 Å². The molecule has 2 N–H and O–H groups in total. The normalized spacial score (nSPS) is 14.6. The number of aryl methyl sites for hydroxylation is 2. The van der Waals surface area contributed by atoms with Crippen molar-refractivity contribution in [2.24, 2.45) is 0 Å². The van der Waals surface area contributed by atoms with Gasteiger partial charge in [0.25, 0.3) is 11.8 Å². The number of hydrogen-bond acceptors (Lipinski definition) is 5. The van der Waals surface area contributed by atoms with Crippen molar-refractivity contribution in [3.63, 3.8) is 0 Å². The molecule has 7 nitrogen and oxygen atoms in total. The maximum Gasteiger partial charge on any atom is 0.254 e. The zero-order chi connectivity index (χ0) is 31.5. The van der Waals surface area contributed by atoms with Gasteiger partial charge in [-0.25, -0.2) is 4.98 Å². The van der Waals surface area contributed by atoms with Gasteiger partial charge in [-0.3, -0.25) is 9.59 Å². The van der Waals surface area contributed by atoms with Crippen LogP contribution >= 0.6 is 0 Å². The minimum Gasteiger partial charge on any atom is -0.446 e. The van der Waals surface area contributed by atoms with Crippen molar-refractivity contribution in [2.45, 2.75) is 71.9 Å². The minimum atomic E-state index is -0.172. The molecular weight excluding hydrogens is 548 g/mol. The zero-order valence-corrected chi connectivity index (χ0v) is 26.7. The first-order valence-electron chi connectivity index (χ1n) is 15.5. The Labute approximate surface area is 262 Å². The summed E-state index contributed by atoms with van der Waals surface area (Å²) in [6.07, 6.45) is 4.14. The van der Waals surface area contributed by atoms with Gasteiger partial charge in [0.1, 0.15) is 12.3 Å². The molecule has 232 valence electrons. The maximum absolute atomic E-state index is 13.3.